The second-order valence-electron chi connectivity index (χ2n) is 6.98. The molecule has 2 heterocycles. The largest absolute Gasteiger partial charge is 0.306 e. The van der Waals surface area contributed by atoms with Gasteiger partial charge in [0.1, 0.15) is 0 Å². The van der Waals surface area contributed by atoms with Crippen molar-refractivity contribution in [1.29, 1.82) is 0 Å². The van der Waals surface area contributed by atoms with Gasteiger partial charge in [-0.2, -0.15) is 0 Å². The highest BCUT2D eigenvalue weighted by atomic mass is 15.2. The number of hydrogen-bond acceptors (Lipinski definition) is 2. The van der Waals surface area contributed by atoms with Gasteiger partial charge in [-0.1, -0.05) is 32.1 Å². The van der Waals surface area contributed by atoms with Crippen LogP contribution in [0.3, 0.4) is 0 Å². The molecule has 0 radical (unpaired) electrons. The predicted molar refractivity (Wildman–Crippen MR) is 76.8 cm³/mol. The molecule has 3 rings (SSSR count). The molecule has 1 atom stereocenters. The number of likely N-dealkylation sites (tertiary alicyclic amines) is 2. The maximum absolute atomic E-state index is 2.84. The van der Waals surface area contributed by atoms with Crippen LogP contribution < -0.4 is 0 Å². The molecule has 0 bridgehead atoms. The van der Waals surface area contributed by atoms with Crippen molar-refractivity contribution in [3.8, 4) is 0 Å². The van der Waals surface area contributed by atoms with Crippen LogP contribution >= 0.6 is 0 Å². The third-order valence-electron chi connectivity index (χ3n) is 5.78. The van der Waals surface area contributed by atoms with E-state index >= 15 is 0 Å². The van der Waals surface area contributed by atoms with Crippen molar-refractivity contribution in [2.24, 2.45) is 11.8 Å². The number of hydrogen-bond donors (Lipinski definition) is 0. The molecule has 1 saturated carbocycles. The van der Waals surface area contributed by atoms with E-state index in [1.807, 2.05) is 0 Å². The molecule has 2 heteroatoms. The zero-order valence-electron chi connectivity index (χ0n) is 12.1. The zero-order chi connectivity index (χ0) is 12.4. The Bertz CT molecular complexity index is 252. The molecule has 0 spiro atoms. The fraction of sp³-hybridized carbons (Fsp3) is 1.00. The van der Waals surface area contributed by atoms with Gasteiger partial charge in [-0.15, -0.1) is 0 Å². The molecule has 2 nitrogen and oxygen atoms in total. The summed E-state index contributed by atoms with van der Waals surface area (Å²) in [6.45, 7) is 5.46. The molecule has 3 fully saturated rings. The van der Waals surface area contributed by atoms with Gasteiger partial charge < -0.3 is 4.90 Å². The summed E-state index contributed by atoms with van der Waals surface area (Å²) < 4.78 is 0. The molecule has 1 aliphatic carbocycles. The van der Waals surface area contributed by atoms with Gasteiger partial charge in [-0.05, 0) is 57.8 Å². The Balaban J connectivity index is 1.48. The average Bonchev–Trinajstić information content (AvgIpc) is 2.90. The first kappa shape index (κ1) is 12.9. The molecular formula is C16H30N2. The normalized spacial score (nSPS) is 34.2. The molecule has 0 N–H and O–H groups in total. The van der Waals surface area contributed by atoms with Crippen molar-refractivity contribution in [2.75, 3.05) is 33.2 Å². The van der Waals surface area contributed by atoms with E-state index in [-0.39, 0.29) is 0 Å². The van der Waals surface area contributed by atoms with E-state index in [1.165, 1.54) is 77.5 Å². The van der Waals surface area contributed by atoms with E-state index < -0.39 is 0 Å². The Morgan fingerprint density at radius 2 is 1.44 bits per heavy atom. The molecule has 0 aromatic carbocycles. The van der Waals surface area contributed by atoms with Gasteiger partial charge in [-0.3, -0.25) is 4.90 Å². The lowest BCUT2D eigenvalue weighted by Crippen LogP contribution is -2.42. The maximum atomic E-state index is 2.84. The molecule has 2 saturated heterocycles. The summed E-state index contributed by atoms with van der Waals surface area (Å²) in [5.41, 5.74) is 0. The van der Waals surface area contributed by atoms with Gasteiger partial charge in [0.25, 0.3) is 0 Å². The highest BCUT2D eigenvalue weighted by molar-refractivity contribution is 4.88. The molecule has 104 valence electrons. The molecule has 0 aromatic heterocycles. The zero-order valence-corrected chi connectivity index (χ0v) is 12.1. The minimum Gasteiger partial charge on any atom is -0.306 e. The van der Waals surface area contributed by atoms with Crippen molar-refractivity contribution in [3.05, 3.63) is 0 Å². The van der Waals surface area contributed by atoms with E-state index in [2.05, 4.69) is 16.8 Å². The summed E-state index contributed by atoms with van der Waals surface area (Å²) in [7, 11) is 2.27. The Morgan fingerprint density at radius 1 is 0.722 bits per heavy atom. The summed E-state index contributed by atoms with van der Waals surface area (Å²) in [6, 6.07) is 0.912. The first-order chi connectivity index (χ1) is 8.83. The standard InChI is InChI=1S/C16H30N2/c1-17-10-8-16(9-11-17)18-12-7-15(13-18)14-5-3-2-4-6-14/h14-16H,2-13H2,1H3. The topological polar surface area (TPSA) is 6.48 Å². The van der Waals surface area contributed by atoms with E-state index in [4.69, 9.17) is 0 Å². The summed E-state index contributed by atoms with van der Waals surface area (Å²) >= 11 is 0. The van der Waals surface area contributed by atoms with Gasteiger partial charge in [0.15, 0.2) is 0 Å². The Hall–Kier alpha value is -0.0800. The molecule has 2 aliphatic heterocycles. The first-order valence-corrected chi connectivity index (χ1v) is 8.25. The lowest BCUT2D eigenvalue weighted by atomic mass is 9.79. The molecule has 18 heavy (non-hydrogen) atoms. The Labute approximate surface area is 113 Å². The smallest absolute Gasteiger partial charge is 0.0120 e. The van der Waals surface area contributed by atoms with Crippen molar-refractivity contribution in [3.63, 3.8) is 0 Å². The average molecular weight is 250 g/mol. The Kier molecular flexibility index (Phi) is 4.25. The molecule has 1 unspecified atom stereocenters. The van der Waals surface area contributed by atoms with Crippen LogP contribution in [0.4, 0.5) is 0 Å². The van der Waals surface area contributed by atoms with Crippen LogP contribution in [0.1, 0.15) is 51.4 Å². The quantitative estimate of drug-likeness (QED) is 0.743. The molecule has 0 amide bonds. The molecule has 3 aliphatic rings. The van der Waals surface area contributed by atoms with Crippen molar-refractivity contribution >= 4 is 0 Å². The van der Waals surface area contributed by atoms with E-state index in [1.54, 1.807) is 0 Å². The van der Waals surface area contributed by atoms with Crippen LogP contribution in [-0.4, -0.2) is 49.1 Å². The fourth-order valence-corrected chi connectivity index (χ4v) is 4.50. The second-order valence-corrected chi connectivity index (χ2v) is 6.98. The summed E-state index contributed by atoms with van der Waals surface area (Å²) in [4.78, 5) is 5.33. The van der Waals surface area contributed by atoms with Crippen LogP contribution in [0.25, 0.3) is 0 Å². The minimum absolute atomic E-state index is 0.912. The first-order valence-electron chi connectivity index (χ1n) is 8.25. The van der Waals surface area contributed by atoms with E-state index in [9.17, 15) is 0 Å². The third-order valence-corrected chi connectivity index (χ3v) is 5.78. The number of nitrogens with zero attached hydrogens (tertiary/aromatic N) is 2. The Morgan fingerprint density at radius 3 is 2.17 bits per heavy atom. The summed E-state index contributed by atoms with van der Waals surface area (Å²) in [6.07, 6.45) is 11.9. The highest BCUT2D eigenvalue weighted by Gasteiger charge is 2.34. The van der Waals surface area contributed by atoms with Gasteiger partial charge in [0.2, 0.25) is 0 Å². The third kappa shape index (κ3) is 2.91. The maximum Gasteiger partial charge on any atom is 0.0120 e. The second kappa shape index (κ2) is 5.92. The van der Waals surface area contributed by atoms with Crippen LogP contribution in [0, 0.1) is 11.8 Å². The summed E-state index contributed by atoms with van der Waals surface area (Å²) in [5.74, 6) is 2.12. The van der Waals surface area contributed by atoms with Gasteiger partial charge in [0, 0.05) is 12.6 Å². The number of piperidine rings is 1. The SMILES string of the molecule is CN1CCC(N2CCC(C3CCCCC3)C2)CC1. The van der Waals surface area contributed by atoms with Crippen LogP contribution in [0.5, 0.6) is 0 Å². The molecule has 0 aromatic rings. The van der Waals surface area contributed by atoms with E-state index in [0.717, 1.165) is 17.9 Å². The van der Waals surface area contributed by atoms with Crippen molar-refractivity contribution in [1.82, 2.24) is 9.80 Å². The lowest BCUT2D eigenvalue weighted by Gasteiger charge is -2.35. The lowest BCUT2D eigenvalue weighted by molar-refractivity contribution is 0.133. The highest BCUT2D eigenvalue weighted by Crippen LogP contribution is 2.36. The van der Waals surface area contributed by atoms with Gasteiger partial charge in [0.05, 0.1) is 0 Å². The van der Waals surface area contributed by atoms with Crippen molar-refractivity contribution in [2.45, 2.75) is 57.4 Å². The van der Waals surface area contributed by atoms with Crippen LogP contribution in [-0.2, 0) is 0 Å². The van der Waals surface area contributed by atoms with Crippen LogP contribution in [0.2, 0.25) is 0 Å². The monoisotopic (exact) mass is 250 g/mol. The van der Waals surface area contributed by atoms with Crippen molar-refractivity contribution < 1.29 is 0 Å². The molecular weight excluding hydrogens is 220 g/mol. The fourth-order valence-electron chi connectivity index (χ4n) is 4.50. The van der Waals surface area contributed by atoms with Gasteiger partial charge >= 0.3 is 0 Å². The summed E-state index contributed by atoms with van der Waals surface area (Å²) in [5, 5.41) is 0. The predicted octanol–water partition coefficient (Wildman–Crippen LogP) is 2.98. The van der Waals surface area contributed by atoms with Gasteiger partial charge in [-0.25, -0.2) is 0 Å². The minimum atomic E-state index is 0.912. The van der Waals surface area contributed by atoms with E-state index in [0.29, 0.717) is 0 Å². The number of rotatable bonds is 2. The van der Waals surface area contributed by atoms with Crippen LogP contribution in [0.15, 0.2) is 0 Å².